The lowest BCUT2D eigenvalue weighted by Crippen LogP contribution is -2.19. The lowest BCUT2D eigenvalue weighted by atomic mass is 10.1. The molecule has 1 aromatic heterocycles. The molecule has 0 atom stereocenters. The molecule has 3 aromatic rings. The summed E-state index contributed by atoms with van der Waals surface area (Å²) in [6, 6.07) is 11.3. The minimum atomic E-state index is -0.565. The van der Waals surface area contributed by atoms with Crippen molar-refractivity contribution in [3.8, 4) is 17.2 Å². The second kappa shape index (κ2) is 8.87. The van der Waals surface area contributed by atoms with Gasteiger partial charge in [-0.25, -0.2) is 14.6 Å². The van der Waals surface area contributed by atoms with E-state index in [-0.39, 0.29) is 5.56 Å². The predicted molar refractivity (Wildman–Crippen MR) is 106 cm³/mol. The molecule has 1 heterocycles. The first-order valence-electron chi connectivity index (χ1n) is 8.11. The fourth-order valence-electron chi connectivity index (χ4n) is 2.35. The third kappa shape index (κ3) is 4.57. The van der Waals surface area contributed by atoms with Crippen LogP contribution in [0.1, 0.15) is 10.4 Å². The Morgan fingerprint density at radius 3 is 2.39 bits per heavy atom. The van der Waals surface area contributed by atoms with Crippen molar-refractivity contribution in [1.29, 1.82) is 0 Å². The molecule has 28 heavy (non-hydrogen) atoms. The molecular formula is C19H17N3O5S. The van der Waals surface area contributed by atoms with Crippen molar-refractivity contribution in [2.75, 3.05) is 24.9 Å². The summed E-state index contributed by atoms with van der Waals surface area (Å²) >= 11 is 1.32. The van der Waals surface area contributed by atoms with Crippen LogP contribution < -0.4 is 20.1 Å². The monoisotopic (exact) mass is 399 g/mol. The Bertz CT molecular complexity index is 958. The number of methoxy groups -OCH3 is 2. The van der Waals surface area contributed by atoms with Gasteiger partial charge in [0.1, 0.15) is 22.8 Å². The SMILES string of the molecule is COC(=O)c1c(OC)cccc1Oc1ccc(NC(=O)Nc2nccs2)cc1. The number of nitrogens with zero attached hydrogens (tertiary/aromatic N) is 1. The Morgan fingerprint density at radius 1 is 1.00 bits per heavy atom. The zero-order valence-corrected chi connectivity index (χ0v) is 15.9. The first-order valence-corrected chi connectivity index (χ1v) is 8.99. The van der Waals surface area contributed by atoms with Gasteiger partial charge in [-0.05, 0) is 36.4 Å². The number of urea groups is 1. The first-order chi connectivity index (χ1) is 13.6. The molecule has 0 aliphatic carbocycles. The van der Waals surface area contributed by atoms with Crippen LogP contribution in [0.25, 0.3) is 0 Å². The fraction of sp³-hybridized carbons (Fsp3) is 0.105. The van der Waals surface area contributed by atoms with Gasteiger partial charge in [-0.1, -0.05) is 6.07 Å². The standard InChI is InChI=1S/C19H17N3O5S/c1-25-14-4-3-5-15(16(14)17(23)26-2)27-13-8-6-12(7-9-13)21-18(24)22-19-20-10-11-28-19/h3-11H,1-2H3,(H2,20,21,22,24). The van der Waals surface area contributed by atoms with Crippen LogP contribution in [0.2, 0.25) is 0 Å². The molecule has 0 fully saturated rings. The number of amides is 2. The van der Waals surface area contributed by atoms with Crippen molar-refractivity contribution in [1.82, 2.24) is 4.98 Å². The largest absolute Gasteiger partial charge is 0.496 e. The van der Waals surface area contributed by atoms with E-state index in [9.17, 15) is 9.59 Å². The number of rotatable bonds is 6. The van der Waals surface area contributed by atoms with E-state index in [0.717, 1.165) is 0 Å². The van der Waals surface area contributed by atoms with Crippen LogP contribution in [-0.2, 0) is 4.74 Å². The van der Waals surface area contributed by atoms with Crippen LogP contribution >= 0.6 is 11.3 Å². The van der Waals surface area contributed by atoms with Crippen LogP contribution in [0.5, 0.6) is 17.2 Å². The van der Waals surface area contributed by atoms with Crippen LogP contribution in [-0.4, -0.2) is 31.2 Å². The van der Waals surface area contributed by atoms with Gasteiger partial charge in [0.05, 0.1) is 14.2 Å². The number of benzene rings is 2. The van der Waals surface area contributed by atoms with Gasteiger partial charge in [-0.3, -0.25) is 5.32 Å². The van der Waals surface area contributed by atoms with Crippen molar-refractivity contribution < 1.29 is 23.8 Å². The number of carbonyl (C=O) groups is 2. The second-order valence-corrected chi connectivity index (χ2v) is 6.26. The quantitative estimate of drug-likeness (QED) is 0.597. The third-order valence-corrected chi connectivity index (χ3v) is 4.28. The number of hydrogen-bond acceptors (Lipinski definition) is 7. The molecule has 9 heteroatoms. The van der Waals surface area contributed by atoms with Crippen molar-refractivity contribution in [2.45, 2.75) is 0 Å². The highest BCUT2D eigenvalue weighted by atomic mass is 32.1. The molecule has 8 nitrogen and oxygen atoms in total. The van der Waals surface area contributed by atoms with Crippen molar-refractivity contribution in [3.63, 3.8) is 0 Å². The number of esters is 1. The highest BCUT2D eigenvalue weighted by Gasteiger charge is 2.19. The predicted octanol–water partition coefficient (Wildman–Crippen LogP) is 4.37. The summed E-state index contributed by atoms with van der Waals surface area (Å²) in [6.45, 7) is 0. The number of nitrogens with one attached hydrogen (secondary N) is 2. The molecule has 3 rings (SSSR count). The van der Waals surface area contributed by atoms with Crippen LogP contribution in [0.15, 0.2) is 54.0 Å². The highest BCUT2D eigenvalue weighted by molar-refractivity contribution is 7.13. The van der Waals surface area contributed by atoms with E-state index in [1.165, 1.54) is 25.6 Å². The summed E-state index contributed by atoms with van der Waals surface area (Å²) in [5, 5.41) is 7.59. The Kier molecular flexibility index (Phi) is 6.07. The average Bonchev–Trinajstić information content (AvgIpc) is 3.21. The molecule has 0 saturated carbocycles. The number of thiazole rings is 1. The van der Waals surface area contributed by atoms with E-state index in [0.29, 0.717) is 28.1 Å². The molecule has 0 unspecified atom stereocenters. The molecule has 0 aliphatic rings. The van der Waals surface area contributed by atoms with Gasteiger partial charge in [0.15, 0.2) is 5.13 Å². The number of hydrogen-bond donors (Lipinski definition) is 2. The average molecular weight is 399 g/mol. The number of ether oxygens (including phenoxy) is 3. The molecule has 144 valence electrons. The van der Waals surface area contributed by atoms with E-state index >= 15 is 0 Å². The fourth-order valence-corrected chi connectivity index (χ4v) is 2.87. The molecule has 0 radical (unpaired) electrons. The summed E-state index contributed by atoms with van der Waals surface area (Å²) in [5.41, 5.74) is 0.762. The minimum absolute atomic E-state index is 0.192. The van der Waals surface area contributed by atoms with E-state index in [1.54, 1.807) is 54.0 Å². The van der Waals surface area contributed by atoms with E-state index in [1.807, 2.05) is 0 Å². The second-order valence-electron chi connectivity index (χ2n) is 5.37. The van der Waals surface area contributed by atoms with Crippen LogP contribution in [0, 0.1) is 0 Å². The van der Waals surface area contributed by atoms with Gasteiger partial charge >= 0.3 is 12.0 Å². The normalized spacial score (nSPS) is 10.1. The molecule has 0 aliphatic heterocycles. The summed E-state index contributed by atoms with van der Waals surface area (Å²) in [7, 11) is 2.75. The third-order valence-electron chi connectivity index (χ3n) is 3.59. The molecule has 2 aromatic carbocycles. The molecule has 2 amide bonds. The van der Waals surface area contributed by atoms with E-state index < -0.39 is 12.0 Å². The van der Waals surface area contributed by atoms with Crippen LogP contribution in [0.4, 0.5) is 15.6 Å². The maximum absolute atomic E-state index is 12.1. The molecule has 2 N–H and O–H groups in total. The smallest absolute Gasteiger partial charge is 0.345 e. The summed E-state index contributed by atoms with van der Waals surface area (Å²) in [5.74, 6) is 0.559. The van der Waals surface area contributed by atoms with Gasteiger partial charge < -0.3 is 19.5 Å². The highest BCUT2D eigenvalue weighted by Crippen LogP contribution is 2.33. The van der Waals surface area contributed by atoms with Gasteiger partial charge in [0.25, 0.3) is 0 Å². The maximum atomic E-state index is 12.1. The van der Waals surface area contributed by atoms with Gasteiger partial charge in [-0.15, -0.1) is 11.3 Å². The topological polar surface area (TPSA) is 98.8 Å². The van der Waals surface area contributed by atoms with Gasteiger partial charge in [0.2, 0.25) is 0 Å². The number of anilines is 2. The Morgan fingerprint density at radius 2 is 1.75 bits per heavy atom. The van der Waals surface area contributed by atoms with Crippen molar-refractivity contribution in [3.05, 3.63) is 59.6 Å². The Balaban J connectivity index is 1.71. The zero-order valence-electron chi connectivity index (χ0n) is 15.1. The molecule has 0 bridgehead atoms. The Hall–Kier alpha value is -3.59. The molecular weight excluding hydrogens is 382 g/mol. The zero-order chi connectivity index (χ0) is 19.9. The number of aromatic nitrogens is 1. The summed E-state index contributed by atoms with van der Waals surface area (Å²) < 4.78 is 15.8. The number of carbonyl (C=O) groups excluding carboxylic acids is 2. The van der Waals surface area contributed by atoms with E-state index in [2.05, 4.69) is 15.6 Å². The van der Waals surface area contributed by atoms with Gasteiger partial charge in [-0.2, -0.15) is 0 Å². The lowest BCUT2D eigenvalue weighted by Gasteiger charge is -2.13. The van der Waals surface area contributed by atoms with Crippen molar-refractivity contribution >= 4 is 34.2 Å². The summed E-state index contributed by atoms with van der Waals surface area (Å²) in [6.07, 6.45) is 1.60. The first kappa shape index (κ1) is 19.2. The van der Waals surface area contributed by atoms with E-state index in [4.69, 9.17) is 14.2 Å². The molecule has 0 saturated heterocycles. The van der Waals surface area contributed by atoms with Gasteiger partial charge in [0, 0.05) is 17.3 Å². The Labute approximate surface area is 165 Å². The minimum Gasteiger partial charge on any atom is -0.496 e. The van der Waals surface area contributed by atoms with Crippen molar-refractivity contribution in [2.24, 2.45) is 0 Å². The molecule has 0 spiro atoms. The maximum Gasteiger partial charge on any atom is 0.345 e. The lowest BCUT2D eigenvalue weighted by molar-refractivity contribution is 0.0594. The summed E-state index contributed by atoms with van der Waals surface area (Å²) in [4.78, 5) is 28.0. The van der Waals surface area contributed by atoms with Crippen LogP contribution in [0.3, 0.4) is 0 Å².